The summed E-state index contributed by atoms with van der Waals surface area (Å²) in [5.41, 5.74) is -1.00. The third-order valence-electron chi connectivity index (χ3n) is 1.43. The number of nitro groups is 1. The van der Waals surface area contributed by atoms with E-state index in [0.29, 0.717) is 6.07 Å². The quantitative estimate of drug-likeness (QED) is 0.476. The van der Waals surface area contributed by atoms with Gasteiger partial charge in [-0.1, -0.05) is 0 Å². The summed E-state index contributed by atoms with van der Waals surface area (Å²) >= 11 is 7.93. The molecule has 0 bridgehead atoms. The maximum atomic E-state index is 12.7. The molecule has 0 saturated heterocycles. The predicted octanol–water partition coefficient (Wildman–Crippen LogP) is 2.88. The van der Waals surface area contributed by atoms with E-state index in [-0.39, 0.29) is 10.0 Å². The monoisotopic (exact) mass is 281 g/mol. The summed E-state index contributed by atoms with van der Waals surface area (Å²) in [6, 6.07) is 1.57. The Balaban J connectivity index is 3.52. The van der Waals surface area contributed by atoms with Crippen LogP contribution in [-0.2, 0) is 0 Å². The van der Waals surface area contributed by atoms with Crippen molar-refractivity contribution in [3.05, 3.63) is 38.1 Å². The molecule has 0 unspecified atom stereocenters. The van der Waals surface area contributed by atoms with Gasteiger partial charge >= 0.3 is 0 Å². The number of nitrogens with zero attached hydrogens (tertiary/aromatic N) is 1. The third kappa shape index (κ3) is 2.08. The molecule has 0 aromatic heterocycles. The van der Waals surface area contributed by atoms with E-state index in [1.54, 1.807) is 0 Å². The first-order valence-corrected chi connectivity index (χ1v) is 4.44. The maximum Gasteiger partial charge on any atom is 0.285 e. The molecule has 0 saturated carbocycles. The number of nitro benzene ring substituents is 1. The predicted molar refractivity (Wildman–Crippen MR) is 50.9 cm³/mol. The number of hydrogen-bond acceptors (Lipinski definition) is 3. The zero-order valence-electron chi connectivity index (χ0n) is 6.46. The average Bonchev–Trinajstić information content (AvgIpc) is 2.01. The van der Waals surface area contributed by atoms with Crippen LogP contribution in [0.25, 0.3) is 0 Å². The lowest BCUT2D eigenvalue weighted by Gasteiger charge is -2.00. The number of carbonyl (C=O) groups is 1. The molecule has 0 atom stereocenters. The zero-order valence-corrected chi connectivity index (χ0v) is 8.80. The van der Waals surface area contributed by atoms with Gasteiger partial charge in [-0.2, -0.15) is 0 Å². The van der Waals surface area contributed by atoms with Gasteiger partial charge in [-0.3, -0.25) is 14.9 Å². The van der Waals surface area contributed by atoms with Crippen LogP contribution in [-0.4, -0.2) is 10.2 Å². The van der Waals surface area contributed by atoms with Crippen molar-refractivity contribution >= 4 is 38.5 Å². The number of halogens is 3. The lowest BCUT2D eigenvalue weighted by Crippen LogP contribution is -2.00. The van der Waals surface area contributed by atoms with Gasteiger partial charge in [0, 0.05) is 4.47 Å². The highest BCUT2D eigenvalue weighted by atomic mass is 79.9. The van der Waals surface area contributed by atoms with E-state index in [9.17, 15) is 19.3 Å². The summed E-state index contributed by atoms with van der Waals surface area (Å²) in [6.07, 6.45) is 0. The molecule has 0 aliphatic rings. The fourth-order valence-electron chi connectivity index (χ4n) is 0.899. The minimum absolute atomic E-state index is 0.0378. The Morgan fingerprint density at radius 2 is 2.14 bits per heavy atom. The van der Waals surface area contributed by atoms with Crippen LogP contribution >= 0.6 is 27.5 Å². The number of carbonyl (C=O) groups excluding carboxylic acids is 1. The van der Waals surface area contributed by atoms with Crippen LogP contribution in [0, 0.1) is 15.9 Å². The Kier molecular flexibility index (Phi) is 3.17. The zero-order chi connectivity index (χ0) is 10.9. The molecule has 0 heterocycles. The van der Waals surface area contributed by atoms with E-state index in [1.807, 2.05) is 0 Å². The summed E-state index contributed by atoms with van der Waals surface area (Å²) in [5.74, 6) is -0.815. The Hall–Kier alpha value is -1.01. The molecular formula is C7H2BrClFNO3. The Morgan fingerprint density at radius 1 is 1.57 bits per heavy atom. The second-order valence-corrected chi connectivity index (χ2v) is 3.51. The third-order valence-corrected chi connectivity index (χ3v) is 2.24. The van der Waals surface area contributed by atoms with Crippen molar-refractivity contribution in [3.8, 4) is 0 Å². The molecular weight excluding hydrogens is 280 g/mol. The van der Waals surface area contributed by atoms with Crippen molar-refractivity contribution in [2.45, 2.75) is 0 Å². The minimum Gasteiger partial charge on any atom is -0.275 e. The van der Waals surface area contributed by atoms with E-state index in [0.717, 1.165) is 6.07 Å². The van der Waals surface area contributed by atoms with Gasteiger partial charge in [-0.05, 0) is 33.6 Å². The highest BCUT2D eigenvalue weighted by Gasteiger charge is 2.23. The Bertz CT molecular complexity index is 424. The van der Waals surface area contributed by atoms with Crippen LogP contribution in [0.4, 0.5) is 10.1 Å². The summed E-state index contributed by atoms with van der Waals surface area (Å²) < 4.78 is 12.7. The molecule has 1 rings (SSSR count). The van der Waals surface area contributed by atoms with Crippen molar-refractivity contribution in [2.75, 3.05) is 0 Å². The fourth-order valence-corrected chi connectivity index (χ4v) is 1.81. The second kappa shape index (κ2) is 4.02. The molecule has 1 aromatic rings. The molecule has 7 heteroatoms. The topological polar surface area (TPSA) is 60.2 Å². The van der Waals surface area contributed by atoms with Crippen molar-refractivity contribution in [1.82, 2.24) is 0 Å². The van der Waals surface area contributed by atoms with Gasteiger partial charge in [-0.15, -0.1) is 0 Å². The highest BCUT2D eigenvalue weighted by molar-refractivity contribution is 9.10. The van der Waals surface area contributed by atoms with Gasteiger partial charge in [-0.25, -0.2) is 4.39 Å². The van der Waals surface area contributed by atoms with Gasteiger partial charge in [0.05, 0.1) is 11.0 Å². The highest BCUT2D eigenvalue weighted by Crippen LogP contribution is 2.29. The van der Waals surface area contributed by atoms with Crippen LogP contribution in [0.3, 0.4) is 0 Å². The van der Waals surface area contributed by atoms with E-state index in [2.05, 4.69) is 15.9 Å². The summed E-state index contributed by atoms with van der Waals surface area (Å²) in [5, 5.41) is 9.43. The lowest BCUT2D eigenvalue weighted by molar-refractivity contribution is -0.385. The smallest absolute Gasteiger partial charge is 0.275 e. The molecule has 0 aliphatic carbocycles. The SMILES string of the molecule is O=C(Cl)c1c(Br)cc(F)cc1[N+](=O)[O-]. The fraction of sp³-hybridized carbons (Fsp3) is 0. The van der Waals surface area contributed by atoms with Gasteiger partial charge in [0.15, 0.2) is 0 Å². The molecule has 4 nitrogen and oxygen atoms in total. The number of hydrogen-bond donors (Lipinski definition) is 0. The molecule has 14 heavy (non-hydrogen) atoms. The Labute approximate surface area is 90.9 Å². The normalized spacial score (nSPS) is 9.93. The summed E-state index contributed by atoms with van der Waals surface area (Å²) in [6.45, 7) is 0. The van der Waals surface area contributed by atoms with E-state index < -0.39 is 21.7 Å². The largest absolute Gasteiger partial charge is 0.285 e. The van der Waals surface area contributed by atoms with E-state index >= 15 is 0 Å². The molecule has 74 valence electrons. The van der Waals surface area contributed by atoms with Crippen molar-refractivity contribution in [3.63, 3.8) is 0 Å². The average molecular weight is 282 g/mol. The maximum absolute atomic E-state index is 12.7. The van der Waals surface area contributed by atoms with Gasteiger partial charge < -0.3 is 0 Å². The minimum atomic E-state index is -1.01. The van der Waals surface area contributed by atoms with Crippen molar-refractivity contribution < 1.29 is 14.1 Å². The van der Waals surface area contributed by atoms with Gasteiger partial charge in [0.25, 0.3) is 10.9 Å². The Morgan fingerprint density at radius 3 is 2.57 bits per heavy atom. The summed E-state index contributed by atoms with van der Waals surface area (Å²) in [4.78, 5) is 20.4. The first kappa shape index (κ1) is 11.1. The number of benzene rings is 1. The van der Waals surface area contributed by atoms with Crippen LogP contribution in [0.15, 0.2) is 16.6 Å². The van der Waals surface area contributed by atoms with Gasteiger partial charge in [0.2, 0.25) is 0 Å². The van der Waals surface area contributed by atoms with Crippen LogP contribution in [0.2, 0.25) is 0 Å². The van der Waals surface area contributed by atoms with Crippen LogP contribution in [0.5, 0.6) is 0 Å². The van der Waals surface area contributed by atoms with Gasteiger partial charge in [0.1, 0.15) is 11.4 Å². The summed E-state index contributed by atoms with van der Waals surface area (Å²) in [7, 11) is 0. The van der Waals surface area contributed by atoms with E-state index in [4.69, 9.17) is 11.6 Å². The first-order chi connectivity index (χ1) is 6.43. The second-order valence-electron chi connectivity index (χ2n) is 2.31. The molecule has 0 radical (unpaired) electrons. The molecule has 0 fully saturated rings. The van der Waals surface area contributed by atoms with Crippen LogP contribution in [0.1, 0.15) is 10.4 Å². The number of rotatable bonds is 2. The van der Waals surface area contributed by atoms with E-state index in [1.165, 1.54) is 0 Å². The first-order valence-electron chi connectivity index (χ1n) is 3.26. The lowest BCUT2D eigenvalue weighted by atomic mass is 10.2. The van der Waals surface area contributed by atoms with Crippen molar-refractivity contribution in [1.29, 1.82) is 0 Å². The molecule has 0 N–H and O–H groups in total. The van der Waals surface area contributed by atoms with Crippen LogP contribution < -0.4 is 0 Å². The molecule has 1 aromatic carbocycles. The molecule has 0 spiro atoms. The molecule has 0 amide bonds. The molecule has 0 aliphatic heterocycles. The van der Waals surface area contributed by atoms with Crippen molar-refractivity contribution in [2.24, 2.45) is 0 Å². The standard InChI is InChI=1S/C7H2BrClFNO3/c8-4-1-3(10)2-5(11(13)14)6(4)7(9)12/h1-2H.